The van der Waals surface area contributed by atoms with Gasteiger partial charge in [-0.25, -0.2) is 0 Å². The summed E-state index contributed by atoms with van der Waals surface area (Å²) in [7, 11) is 0. The molecule has 0 saturated heterocycles. The lowest BCUT2D eigenvalue weighted by Crippen LogP contribution is -2.42. The van der Waals surface area contributed by atoms with Crippen LogP contribution in [0.15, 0.2) is 28.7 Å². The fourth-order valence-electron chi connectivity index (χ4n) is 3.80. The predicted octanol–water partition coefficient (Wildman–Crippen LogP) is 5.58. The van der Waals surface area contributed by atoms with Gasteiger partial charge in [0.1, 0.15) is 0 Å². The van der Waals surface area contributed by atoms with E-state index in [4.69, 9.17) is 0 Å². The van der Waals surface area contributed by atoms with Gasteiger partial charge in [0.25, 0.3) is 0 Å². The molecule has 1 nitrogen and oxygen atoms in total. The highest BCUT2D eigenvalue weighted by atomic mass is 79.9. The zero-order chi connectivity index (χ0) is 15.1. The van der Waals surface area contributed by atoms with Gasteiger partial charge in [-0.05, 0) is 62.1 Å². The van der Waals surface area contributed by atoms with E-state index in [1.807, 2.05) is 0 Å². The number of hydrogen-bond donors (Lipinski definition) is 1. The first-order valence-electron chi connectivity index (χ1n) is 8.71. The van der Waals surface area contributed by atoms with Gasteiger partial charge in [0.2, 0.25) is 0 Å². The second-order valence-corrected chi connectivity index (χ2v) is 7.44. The summed E-state index contributed by atoms with van der Waals surface area (Å²) in [5.74, 6) is 1.74. The number of rotatable bonds is 7. The number of halogens is 1. The van der Waals surface area contributed by atoms with Gasteiger partial charge in [-0.2, -0.15) is 0 Å². The second kappa shape index (κ2) is 8.95. The standard InChI is InChI=1S/C19H30BrN/c1-3-7-15-10-11-19(21-12-4-2)17(13-15)14-16-8-5-6-9-18(16)20/h5-6,8-9,15,17,19,21H,3-4,7,10-14H2,1-2H3. The Morgan fingerprint density at radius 2 is 1.95 bits per heavy atom. The van der Waals surface area contributed by atoms with Gasteiger partial charge in [0.05, 0.1) is 0 Å². The highest BCUT2D eigenvalue weighted by Gasteiger charge is 2.30. The lowest BCUT2D eigenvalue weighted by Gasteiger charge is -2.37. The van der Waals surface area contributed by atoms with Crippen LogP contribution in [0.4, 0.5) is 0 Å². The Bertz CT molecular complexity index is 418. The Morgan fingerprint density at radius 1 is 1.14 bits per heavy atom. The van der Waals surface area contributed by atoms with Crippen molar-refractivity contribution < 1.29 is 0 Å². The van der Waals surface area contributed by atoms with Crippen LogP contribution >= 0.6 is 15.9 Å². The van der Waals surface area contributed by atoms with Crippen molar-refractivity contribution in [2.45, 2.75) is 64.8 Å². The molecule has 0 bridgehead atoms. The highest BCUT2D eigenvalue weighted by Crippen LogP contribution is 2.35. The van der Waals surface area contributed by atoms with E-state index >= 15 is 0 Å². The minimum Gasteiger partial charge on any atom is -0.314 e. The summed E-state index contributed by atoms with van der Waals surface area (Å²) in [5, 5.41) is 3.81. The normalized spacial score (nSPS) is 26.0. The molecule has 118 valence electrons. The van der Waals surface area contributed by atoms with Crippen molar-refractivity contribution in [1.82, 2.24) is 5.32 Å². The molecule has 1 N–H and O–H groups in total. The third-order valence-corrected chi connectivity index (χ3v) is 5.66. The fraction of sp³-hybridized carbons (Fsp3) is 0.684. The SMILES string of the molecule is CCCNC1CCC(CCC)CC1Cc1ccccc1Br. The summed E-state index contributed by atoms with van der Waals surface area (Å²) in [4.78, 5) is 0. The van der Waals surface area contributed by atoms with Crippen molar-refractivity contribution in [3.63, 3.8) is 0 Å². The molecule has 0 radical (unpaired) electrons. The van der Waals surface area contributed by atoms with Crippen molar-refractivity contribution in [2.24, 2.45) is 11.8 Å². The summed E-state index contributed by atoms with van der Waals surface area (Å²) < 4.78 is 1.27. The zero-order valence-electron chi connectivity index (χ0n) is 13.6. The molecule has 21 heavy (non-hydrogen) atoms. The molecule has 1 fully saturated rings. The van der Waals surface area contributed by atoms with E-state index in [1.54, 1.807) is 0 Å². The van der Waals surface area contributed by atoms with Crippen LogP contribution in [-0.4, -0.2) is 12.6 Å². The van der Waals surface area contributed by atoms with Crippen LogP contribution in [0.25, 0.3) is 0 Å². The predicted molar refractivity (Wildman–Crippen MR) is 95.7 cm³/mol. The van der Waals surface area contributed by atoms with Crippen molar-refractivity contribution in [1.29, 1.82) is 0 Å². The number of hydrogen-bond acceptors (Lipinski definition) is 1. The lowest BCUT2D eigenvalue weighted by molar-refractivity contribution is 0.193. The van der Waals surface area contributed by atoms with Crippen LogP contribution in [-0.2, 0) is 6.42 Å². The molecule has 1 aromatic carbocycles. The van der Waals surface area contributed by atoms with E-state index in [2.05, 4.69) is 59.4 Å². The molecule has 0 aliphatic heterocycles. The Labute approximate surface area is 139 Å². The van der Waals surface area contributed by atoms with Crippen molar-refractivity contribution in [3.8, 4) is 0 Å². The molecule has 1 aliphatic carbocycles. The van der Waals surface area contributed by atoms with E-state index in [0.29, 0.717) is 6.04 Å². The van der Waals surface area contributed by atoms with Gasteiger partial charge in [-0.15, -0.1) is 0 Å². The fourth-order valence-corrected chi connectivity index (χ4v) is 4.25. The summed E-state index contributed by atoms with van der Waals surface area (Å²) in [6.07, 6.45) is 9.37. The van der Waals surface area contributed by atoms with Gasteiger partial charge >= 0.3 is 0 Å². The van der Waals surface area contributed by atoms with Gasteiger partial charge in [0.15, 0.2) is 0 Å². The van der Waals surface area contributed by atoms with Crippen LogP contribution in [0.3, 0.4) is 0 Å². The first-order valence-corrected chi connectivity index (χ1v) is 9.50. The van der Waals surface area contributed by atoms with Gasteiger partial charge in [-0.1, -0.05) is 60.8 Å². The zero-order valence-corrected chi connectivity index (χ0v) is 15.2. The molecular weight excluding hydrogens is 322 g/mol. The van der Waals surface area contributed by atoms with Crippen LogP contribution in [0, 0.1) is 11.8 Å². The smallest absolute Gasteiger partial charge is 0.0207 e. The minimum atomic E-state index is 0.713. The summed E-state index contributed by atoms with van der Waals surface area (Å²) in [6.45, 7) is 5.75. The molecule has 0 heterocycles. The molecule has 1 aliphatic rings. The number of nitrogens with one attached hydrogen (secondary N) is 1. The first kappa shape index (κ1) is 17.0. The monoisotopic (exact) mass is 351 g/mol. The molecule has 3 unspecified atom stereocenters. The summed E-state index contributed by atoms with van der Waals surface area (Å²) >= 11 is 3.72. The minimum absolute atomic E-state index is 0.713. The van der Waals surface area contributed by atoms with Gasteiger partial charge < -0.3 is 5.32 Å². The van der Waals surface area contributed by atoms with Crippen LogP contribution in [0.1, 0.15) is 57.9 Å². The average molecular weight is 352 g/mol. The maximum absolute atomic E-state index is 3.81. The Morgan fingerprint density at radius 3 is 2.67 bits per heavy atom. The van der Waals surface area contributed by atoms with Gasteiger partial charge in [-0.3, -0.25) is 0 Å². The maximum Gasteiger partial charge on any atom is 0.0207 e. The topological polar surface area (TPSA) is 12.0 Å². The van der Waals surface area contributed by atoms with E-state index < -0.39 is 0 Å². The molecule has 3 atom stereocenters. The molecule has 2 rings (SSSR count). The molecule has 1 aromatic rings. The maximum atomic E-state index is 3.81. The second-order valence-electron chi connectivity index (χ2n) is 6.58. The van der Waals surface area contributed by atoms with Crippen molar-refractivity contribution in [2.75, 3.05) is 6.54 Å². The van der Waals surface area contributed by atoms with E-state index in [-0.39, 0.29) is 0 Å². The molecule has 1 saturated carbocycles. The molecular formula is C19H30BrN. The van der Waals surface area contributed by atoms with Crippen LogP contribution in [0.5, 0.6) is 0 Å². The van der Waals surface area contributed by atoms with Crippen LogP contribution in [0.2, 0.25) is 0 Å². The third-order valence-electron chi connectivity index (χ3n) is 4.88. The molecule has 0 amide bonds. The van der Waals surface area contributed by atoms with Gasteiger partial charge in [0, 0.05) is 10.5 Å². The number of benzene rings is 1. The van der Waals surface area contributed by atoms with E-state index in [0.717, 1.165) is 18.4 Å². The molecule has 2 heteroatoms. The van der Waals surface area contributed by atoms with Crippen LogP contribution < -0.4 is 5.32 Å². The van der Waals surface area contributed by atoms with E-state index in [1.165, 1.54) is 55.0 Å². The van der Waals surface area contributed by atoms with Crippen molar-refractivity contribution >= 4 is 15.9 Å². The highest BCUT2D eigenvalue weighted by molar-refractivity contribution is 9.10. The molecule has 0 spiro atoms. The third kappa shape index (κ3) is 5.10. The Balaban J connectivity index is 2.03. The average Bonchev–Trinajstić information content (AvgIpc) is 2.49. The first-order chi connectivity index (χ1) is 10.2. The Kier molecular flexibility index (Phi) is 7.25. The van der Waals surface area contributed by atoms with E-state index in [9.17, 15) is 0 Å². The molecule has 0 aromatic heterocycles. The largest absolute Gasteiger partial charge is 0.314 e. The lowest BCUT2D eigenvalue weighted by atomic mass is 9.74. The Hall–Kier alpha value is -0.340. The summed E-state index contributed by atoms with van der Waals surface area (Å²) in [6, 6.07) is 9.45. The van der Waals surface area contributed by atoms with Crippen molar-refractivity contribution in [3.05, 3.63) is 34.3 Å². The summed E-state index contributed by atoms with van der Waals surface area (Å²) in [5.41, 5.74) is 1.47. The quantitative estimate of drug-likeness (QED) is 0.676.